The fourth-order valence-corrected chi connectivity index (χ4v) is 0.681. The van der Waals surface area contributed by atoms with Crippen molar-refractivity contribution in [3.63, 3.8) is 0 Å². The average Bonchev–Trinajstić information content (AvgIpc) is 2.30. The van der Waals surface area contributed by atoms with Crippen LogP contribution in [0.2, 0.25) is 0 Å². The molecule has 1 heterocycles. The zero-order valence-electron chi connectivity index (χ0n) is 5.20. The van der Waals surface area contributed by atoms with Gasteiger partial charge in [-0.15, -0.1) is 6.58 Å². The number of hydrogen-bond acceptors (Lipinski definition) is 3. The van der Waals surface area contributed by atoms with E-state index in [0.29, 0.717) is 6.29 Å². The number of carbonyl (C=O) groups is 1. The summed E-state index contributed by atoms with van der Waals surface area (Å²) in [5.74, 6) is 0. The Morgan fingerprint density at radius 2 is 2.20 bits per heavy atom. The van der Waals surface area contributed by atoms with Gasteiger partial charge in [0.25, 0.3) is 0 Å². The first-order chi connectivity index (χ1) is 4.77. The first-order valence-corrected chi connectivity index (χ1v) is 2.80. The Morgan fingerprint density at radius 3 is 2.50 bits per heavy atom. The maximum atomic E-state index is 12.4. The molecule has 0 aromatic carbocycles. The lowest BCUT2D eigenvalue weighted by atomic mass is 10.4. The number of alkyl halides is 1. The van der Waals surface area contributed by atoms with E-state index in [1.807, 2.05) is 0 Å². The van der Waals surface area contributed by atoms with Crippen LogP contribution in [0.1, 0.15) is 0 Å². The van der Waals surface area contributed by atoms with Gasteiger partial charge in [-0.2, -0.15) is 0 Å². The minimum absolute atomic E-state index is 0.399. The van der Waals surface area contributed by atoms with Crippen LogP contribution in [0.25, 0.3) is 0 Å². The minimum atomic E-state index is -1.56. The lowest BCUT2D eigenvalue weighted by Gasteiger charge is -2.00. The van der Waals surface area contributed by atoms with Gasteiger partial charge in [0, 0.05) is 0 Å². The molecule has 0 saturated carbocycles. The molecule has 0 radical (unpaired) electrons. The maximum Gasteiger partial charge on any atom is 0.231 e. The number of ether oxygens (including phenoxy) is 2. The topological polar surface area (TPSA) is 35.5 Å². The standard InChI is InChI=1S/C6H7FO3/c1-2-4-6(7)10-5(3-8)9-4/h2-6H,1H2. The summed E-state index contributed by atoms with van der Waals surface area (Å²) < 4.78 is 21.5. The second-order valence-electron chi connectivity index (χ2n) is 1.83. The molecule has 3 unspecified atom stereocenters. The molecule has 1 fully saturated rings. The van der Waals surface area contributed by atoms with E-state index in [1.54, 1.807) is 0 Å². The number of halogens is 1. The fraction of sp³-hybridized carbons (Fsp3) is 0.500. The van der Waals surface area contributed by atoms with Gasteiger partial charge in [-0.25, -0.2) is 4.39 Å². The normalized spacial score (nSPS) is 39.5. The van der Waals surface area contributed by atoms with E-state index in [9.17, 15) is 9.18 Å². The summed E-state index contributed by atoms with van der Waals surface area (Å²) in [6.07, 6.45) is -1.79. The van der Waals surface area contributed by atoms with Crippen LogP contribution in [0.3, 0.4) is 0 Å². The molecule has 56 valence electrons. The molecule has 0 spiro atoms. The van der Waals surface area contributed by atoms with Gasteiger partial charge < -0.3 is 9.47 Å². The number of carbonyl (C=O) groups excluding carboxylic acids is 1. The predicted octanol–water partition coefficient (Wildman–Crippen LogP) is 0.408. The van der Waals surface area contributed by atoms with Crippen molar-refractivity contribution in [3.05, 3.63) is 12.7 Å². The van der Waals surface area contributed by atoms with Crippen molar-refractivity contribution < 1.29 is 18.7 Å². The van der Waals surface area contributed by atoms with Crippen LogP contribution >= 0.6 is 0 Å². The highest BCUT2D eigenvalue weighted by Gasteiger charge is 2.33. The molecule has 0 bridgehead atoms. The highest BCUT2D eigenvalue weighted by Crippen LogP contribution is 2.19. The summed E-state index contributed by atoms with van der Waals surface area (Å²) in [6.45, 7) is 3.30. The van der Waals surface area contributed by atoms with Crippen molar-refractivity contribution >= 4 is 6.29 Å². The van der Waals surface area contributed by atoms with Crippen molar-refractivity contribution in [2.45, 2.75) is 18.8 Å². The molecule has 0 N–H and O–H groups in total. The Hall–Kier alpha value is -0.740. The molecule has 4 heteroatoms. The molecule has 0 amide bonds. The van der Waals surface area contributed by atoms with Crippen molar-refractivity contribution in [1.29, 1.82) is 0 Å². The van der Waals surface area contributed by atoms with Gasteiger partial charge in [0.05, 0.1) is 0 Å². The first-order valence-electron chi connectivity index (χ1n) is 2.80. The molecule has 1 saturated heterocycles. The third-order valence-electron chi connectivity index (χ3n) is 1.16. The molecular weight excluding hydrogens is 139 g/mol. The van der Waals surface area contributed by atoms with E-state index >= 15 is 0 Å². The van der Waals surface area contributed by atoms with Gasteiger partial charge in [-0.1, -0.05) is 6.08 Å². The van der Waals surface area contributed by atoms with E-state index in [1.165, 1.54) is 6.08 Å². The Labute approximate surface area is 57.4 Å². The Balaban J connectivity index is 2.51. The zero-order valence-corrected chi connectivity index (χ0v) is 5.20. The molecular formula is C6H7FO3. The van der Waals surface area contributed by atoms with Gasteiger partial charge in [0.1, 0.15) is 6.10 Å². The van der Waals surface area contributed by atoms with E-state index in [0.717, 1.165) is 0 Å². The maximum absolute atomic E-state index is 12.4. The SMILES string of the molecule is C=CC1OC(C=O)OC1F. The number of rotatable bonds is 2. The predicted molar refractivity (Wildman–Crippen MR) is 30.9 cm³/mol. The Bertz CT molecular complexity index is 148. The second-order valence-corrected chi connectivity index (χ2v) is 1.83. The Kier molecular flexibility index (Phi) is 2.13. The summed E-state index contributed by atoms with van der Waals surface area (Å²) in [5.41, 5.74) is 0. The van der Waals surface area contributed by atoms with Crippen LogP contribution in [-0.4, -0.2) is 25.0 Å². The third-order valence-corrected chi connectivity index (χ3v) is 1.16. The van der Waals surface area contributed by atoms with Crippen molar-refractivity contribution in [2.24, 2.45) is 0 Å². The average molecular weight is 146 g/mol. The van der Waals surface area contributed by atoms with Crippen LogP contribution in [0.5, 0.6) is 0 Å². The summed E-state index contributed by atoms with van der Waals surface area (Å²) in [7, 11) is 0. The van der Waals surface area contributed by atoms with Gasteiger partial charge in [-0.3, -0.25) is 4.79 Å². The van der Waals surface area contributed by atoms with Crippen LogP contribution < -0.4 is 0 Å². The lowest BCUT2D eigenvalue weighted by molar-refractivity contribution is -0.137. The fourth-order valence-electron chi connectivity index (χ4n) is 0.681. The van der Waals surface area contributed by atoms with Crippen molar-refractivity contribution in [1.82, 2.24) is 0 Å². The van der Waals surface area contributed by atoms with Crippen molar-refractivity contribution in [2.75, 3.05) is 0 Å². The third kappa shape index (κ3) is 1.22. The minimum Gasteiger partial charge on any atom is -0.333 e. The summed E-state index contributed by atoms with van der Waals surface area (Å²) in [4.78, 5) is 9.96. The van der Waals surface area contributed by atoms with Crippen LogP contribution in [0.4, 0.5) is 4.39 Å². The lowest BCUT2D eigenvalue weighted by Crippen LogP contribution is -2.13. The smallest absolute Gasteiger partial charge is 0.231 e. The van der Waals surface area contributed by atoms with Gasteiger partial charge >= 0.3 is 0 Å². The molecule has 1 aliphatic heterocycles. The van der Waals surface area contributed by atoms with Crippen LogP contribution in [0.15, 0.2) is 12.7 Å². The molecule has 1 aliphatic rings. The molecule has 0 aromatic rings. The highest BCUT2D eigenvalue weighted by molar-refractivity contribution is 5.54. The van der Waals surface area contributed by atoms with Gasteiger partial charge in [0.15, 0.2) is 6.29 Å². The molecule has 10 heavy (non-hydrogen) atoms. The molecule has 0 aromatic heterocycles. The van der Waals surface area contributed by atoms with Crippen molar-refractivity contribution in [3.8, 4) is 0 Å². The summed E-state index contributed by atoms with van der Waals surface area (Å²) in [5, 5.41) is 0. The highest BCUT2D eigenvalue weighted by atomic mass is 19.1. The monoisotopic (exact) mass is 146 g/mol. The second kappa shape index (κ2) is 2.90. The van der Waals surface area contributed by atoms with Gasteiger partial charge in [-0.05, 0) is 0 Å². The van der Waals surface area contributed by atoms with E-state index < -0.39 is 18.8 Å². The zero-order chi connectivity index (χ0) is 7.56. The van der Waals surface area contributed by atoms with E-state index in [2.05, 4.69) is 16.1 Å². The van der Waals surface area contributed by atoms with Crippen LogP contribution in [0, 0.1) is 0 Å². The molecule has 0 aliphatic carbocycles. The number of hydrogen-bond donors (Lipinski definition) is 0. The molecule has 1 rings (SSSR count). The summed E-state index contributed by atoms with van der Waals surface area (Å²) >= 11 is 0. The van der Waals surface area contributed by atoms with Crippen LogP contribution in [-0.2, 0) is 14.3 Å². The first kappa shape index (κ1) is 7.37. The largest absolute Gasteiger partial charge is 0.333 e. The Morgan fingerprint density at radius 1 is 1.50 bits per heavy atom. The number of aldehydes is 1. The molecule has 3 atom stereocenters. The van der Waals surface area contributed by atoms with Gasteiger partial charge in [0.2, 0.25) is 12.6 Å². The summed E-state index contributed by atoms with van der Waals surface area (Å²) in [6, 6.07) is 0. The van der Waals surface area contributed by atoms with E-state index in [4.69, 9.17) is 0 Å². The quantitative estimate of drug-likeness (QED) is 0.418. The van der Waals surface area contributed by atoms with E-state index in [-0.39, 0.29) is 0 Å². The molecule has 3 nitrogen and oxygen atoms in total.